The molecule has 0 saturated carbocycles. The molecule has 0 aliphatic carbocycles. The van der Waals surface area contributed by atoms with Crippen LogP contribution in [0.5, 0.6) is 5.75 Å². The summed E-state index contributed by atoms with van der Waals surface area (Å²) in [5, 5.41) is 19.2. The molecular formula is C18H18FN3O2S. The Balaban J connectivity index is 1.72. The molecule has 1 N–H and O–H groups in total. The van der Waals surface area contributed by atoms with Crippen molar-refractivity contribution in [2.45, 2.75) is 11.3 Å². The Morgan fingerprint density at radius 1 is 1.16 bits per heavy atom. The second-order valence-electron chi connectivity index (χ2n) is 5.44. The van der Waals surface area contributed by atoms with Gasteiger partial charge in [0.05, 0.1) is 13.2 Å². The molecule has 0 saturated heterocycles. The van der Waals surface area contributed by atoms with Crippen LogP contribution in [0, 0.1) is 5.82 Å². The van der Waals surface area contributed by atoms with E-state index < -0.39 is 11.9 Å². The SMILES string of the molecule is COc1ccc(-c2nnc(SC[C@H](O)c3ccccc3F)n2C)cc1. The summed E-state index contributed by atoms with van der Waals surface area (Å²) < 4.78 is 20.7. The lowest BCUT2D eigenvalue weighted by Gasteiger charge is -2.11. The molecular weight excluding hydrogens is 341 g/mol. The van der Waals surface area contributed by atoms with Gasteiger partial charge in [0, 0.05) is 23.9 Å². The van der Waals surface area contributed by atoms with Gasteiger partial charge in [-0.15, -0.1) is 10.2 Å². The molecule has 130 valence electrons. The number of hydrogen-bond donors (Lipinski definition) is 1. The van der Waals surface area contributed by atoms with Gasteiger partial charge in [0.25, 0.3) is 0 Å². The van der Waals surface area contributed by atoms with Crippen LogP contribution in [0.2, 0.25) is 0 Å². The molecule has 3 rings (SSSR count). The molecule has 0 aliphatic heterocycles. The first kappa shape index (κ1) is 17.4. The van der Waals surface area contributed by atoms with Crippen molar-refractivity contribution >= 4 is 11.8 Å². The second kappa shape index (κ2) is 7.67. The van der Waals surface area contributed by atoms with Gasteiger partial charge in [-0.05, 0) is 30.3 Å². The molecule has 1 atom stereocenters. The van der Waals surface area contributed by atoms with E-state index in [0.29, 0.717) is 11.0 Å². The maximum Gasteiger partial charge on any atom is 0.191 e. The zero-order valence-electron chi connectivity index (χ0n) is 13.9. The van der Waals surface area contributed by atoms with Gasteiger partial charge in [0.1, 0.15) is 11.6 Å². The lowest BCUT2D eigenvalue weighted by atomic mass is 10.1. The molecule has 2 aromatic carbocycles. The number of thioether (sulfide) groups is 1. The Labute approximate surface area is 149 Å². The third kappa shape index (κ3) is 3.83. The third-order valence-electron chi connectivity index (χ3n) is 3.82. The predicted molar refractivity (Wildman–Crippen MR) is 95.1 cm³/mol. The summed E-state index contributed by atoms with van der Waals surface area (Å²) >= 11 is 1.33. The highest BCUT2D eigenvalue weighted by molar-refractivity contribution is 7.99. The van der Waals surface area contributed by atoms with Crippen molar-refractivity contribution in [3.05, 3.63) is 59.9 Å². The normalized spacial score (nSPS) is 12.2. The Bertz CT molecular complexity index is 852. The summed E-state index contributed by atoms with van der Waals surface area (Å²) in [6, 6.07) is 13.8. The second-order valence-corrected chi connectivity index (χ2v) is 6.43. The lowest BCUT2D eigenvalue weighted by Crippen LogP contribution is -2.04. The topological polar surface area (TPSA) is 60.2 Å². The van der Waals surface area contributed by atoms with E-state index >= 15 is 0 Å². The fourth-order valence-electron chi connectivity index (χ4n) is 2.42. The van der Waals surface area contributed by atoms with E-state index in [1.165, 1.54) is 17.8 Å². The number of benzene rings is 2. The Kier molecular flexibility index (Phi) is 5.35. The number of rotatable bonds is 6. The number of ether oxygens (including phenoxy) is 1. The monoisotopic (exact) mass is 359 g/mol. The van der Waals surface area contributed by atoms with Crippen LogP contribution < -0.4 is 4.74 Å². The first-order valence-corrected chi connectivity index (χ1v) is 8.68. The molecule has 0 radical (unpaired) electrons. The molecule has 1 aromatic heterocycles. The van der Waals surface area contributed by atoms with Crippen LogP contribution in [0.25, 0.3) is 11.4 Å². The van der Waals surface area contributed by atoms with E-state index in [1.807, 2.05) is 35.9 Å². The van der Waals surface area contributed by atoms with Gasteiger partial charge < -0.3 is 14.4 Å². The van der Waals surface area contributed by atoms with Crippen LogP contribution in [0.15, 0.2) is 53.7 Å². The fourth-order valence-corrected chi connectivity index (χ4v) is 3.29. The highest BCUT2D eigenvalue weighted by Crippen LogP contribution is 2.28. The molecule has 7 heteroatoms. The third-order valence-corrected chi connectivity index (χ3v) is 4.91. The first-order valence-electron chi connectivity index (χ1n) is 7.69. The number of methoxy groups -OCH3 is 1. The summed E-state index contributed by atoms with van der Waals surface area (Å²) in [6.45, 7) is 0. The minimum atomic E-state index is -0.910. The van der Waals surface area contributed by atoms with Crippen LogP contribution in [-0.2, 0) is 7.05 Å². The van der Waals surface area contributed by atoms with Crippen molar-refractivity contribution < 1.29 is 14.2 Å². The van der Waals surface area contributed by atoms with E-state index in [-0.39, 0.29) is 11.3 Å². The van der Waals surface area contributed by atoms with Gasteiger partial charge in [-0.2, -0.15) is 0 Å². The summed E-state index contributed by atoms with van der Waals surface area (Å²) in [5.74, 6) is 1.36. The average molecular weight is 359 g/mol. The van der Waals surface area contributed by atoms with Gasteiger partial charge in [-0.1, -0.05) is 30.0 Å². The molecule has 0 amide bonds. The lowest BCUT2D eigenvalue weighted by molar-refractivity contribution is 0.199. The highest BCUT2D eigenvalue weighted by atomic mass is 32.2. The zero-order chi connectivity index (χ0) is 17.8. The van der Waals surface area contributed by atoms with Crippen molar-refractivity contribution in [1.29, 1.82) is 0 Å². The van der Waals surface area contributed by atoms with Crippen LogP contribution in [0.1, 0.15) is 11.7 Å². The molecule has 0 spiro atoms. The first-order chi connectivity index (χ1) is 12.1. The summed E-state index contributed by atoms with van der Waals surface area (Å²) in [7, 11) is 3.48. The summed E-state index contributed by atoms with van der Waals surface area (Å²) in [5.41, 5.74) is 1.20. The van der Waals surface area contributed by atoms with Crippen molar-refractivity contribution in [3.63, 3.8) is 0 Å². The fraction of sp³-hybridized carbons (Fsp3) is 0.222. The number of hydrogen-bond acceptors (Lipinski definition) is 5. The van der Waals surface area contributed by atoms with E-state index in [2.05, 4.69) is 10.2 Å². The predicted octanol–water partition coefficient (Wildman–Crippen LogP) is 3.46. The number of aromatic nitrogens is 3. The summed E-state index contributed by atoms with van der Waals surface area (Å²) in [4.78, 5) is 0. The van der Waals surface area contributed by atoms with Crippen LogP contribution >= 0.6 is 11.8 Å². The number of aliphatic hydroxyl groups excluding tert-OH is 1. The van der Waals surface area contributed by atoms with E-state index in [0.717, 1.165) is 11.3 Å². The molecule has 25 heavy (non-hydrogen) atoms. The maximum absolute atomic E-state index is 13.7. The van der Waals surface area contributed by atoms with Gasteiger partial charge in [-0.25, -0.2) is 4.39 Å². The number of nitrogens with zero attached hydrogens (tertiary/aromatic N) is 3. The van der Waals surface area contributed by atoms with E-state index in [4.69, 9.17) is 4.74 Å². The molecule has 0 aliphatic rings. The number of halogens is 1. The van der Waals surface area contributed by atoms with Crippen LogP contribution in [-0.4, -0.2) is 32.7 Å². The van der Waals surface area contributed by atoms with Gasteiger partial charge in [0.2, 0.25) is 0 Å². The highest BCUT2D eigenvalue weighted by Gasteiger charge is 2.16. The molecule has 0 fully saturated rings. The Hall–Kier alpha value is -2.38. The van der Waals surface area contributed by atoms with Gasteiger partial charge in [-0.3, -0.25) is 0 Å². The van der Waals surface area contributed by atoms with Crippen molar-refractivity contribution in [2.24, 2.45) is 7.05 Å². The van der Waals surface area contributed by atoms with Gasteiger partial charge in [0.15, 0.2) is 11.0 Å². The zero-order valence-corrected chi connectivity index (χ0v) is 14.7. The summed E-state index contributed by atoms with van der Waals surface area (Å²) in [6.07, 6.45) is -0.910. The van der Waals surface area contributed by atoms with Crippen molar-refractivity contribution in [2.75, 3.05) is 12.9 Å². The Morgan fingerprint density at radius 2 is 1.88 bits per heavy atom. The van der Waals surface area contributed by atoms with Gasteiger partial charge >= 0.3 is 0 Å². The standard InChI is InChI=1S/C18H18FN3O2S/c1-22-17(12-7-9-13(24-2)10-8-12)20-21-18(22)25-11-16(23)14-5-3-4-6-15(14)19/h3-10,16,23H,11H2,1-2H3/t16-/m0/s1. The minimum absolute atomic E-state index is 0.285. The minimum Gasteiger partial charge on any atom is -0.497 e. The van der Waals surface area contributed by atoms with E-state index in [1.54, 1.807) is 25.3 Å². The molecule has 0 unspecified atom stereocenters. The average Bonchev–Trinajstić information content (AvgIpc) is 3.01. The number of aliphatic hydroxyl groups is 1. The maximum atomic E-state index is 13.7. The molecule has 5 nitrogen and oxygen atoms in total. The van der Waals surface area contributed by atoms with E-state index in [9.17, 15) is 9.50 Å². The Morgan fingerprint density at radius 3 is 2.56 bits per heavy atom. The molecule has 0 bridgehead atoms. The molecule has 3 aromatic rings. The van der Waals surface area contributed by atoms with Crippen molar-refractivity contribution in [3.8, 4) is 17.1 Å². The van der Waals surface area contributed by atoms with Crippen LogP contribution in [0.4, 0.5) is 4.39 Å². The quantitative estimate of drug-likeness (QED) is 0.683. The van der Waals surface area contributed by atoms with Crippen LogP contribution in [0.3, 0.4) is 0 Å². The van der Waals surface area contributed by atoms with Crippen molar-refractivity contribution in [1.82, 2.24) is 14.8 Å². The smallest absolute Gasteiger partial charge is 0.191 e. The largest absolute Gasteiger partial charge is 0.497 e. The molecule has 1 heterocycles.